The van der Waals surface area contributed by atoms with E-state index < -0.39 is 0 Å². The van der Waals surface area contributed by atoms with Gasteiger partial charge in [-0.1, -0.05) is 38.1 Å². The number of hydrogen-bond donors (Lipinski definition) is 0. The molecule has 0 fully saturated rings. The quantitative estimate of drug-likeness (QED) is 0.422. The van der Waals surface area contributed by atoms with Gasteiger partial charge in [0.05, 0.1) is 11.4 Å². The molecule has 2 aromatic carbocycles. The molecule has 0 saturated heterocycles. The Kier molecular flexibility index (Phi) is 2.49. The van der Waals surface area contributed by atoms with Gasteiger partial charge in [0.1, 0.15) is 5.82 Å². The van der Waals surface area contributed by atoms with Crippen LogP contribution in [0.4, 0.5) is 17.2 Å². The molecule has 0 aliphatic carbocycles. The molecule has 1 aromatic heterocycles. The molecule has 3 nitrogen and oxygen atoms in total. The van der Waals surface area contributed by atoms with Crippen molar-refractivity contribution < 1.29 is 4.74 Å². The first-order valence-electron chi connectivity index (χ1n) is 8.25. The zero-order valence-corrected chi connectivity index (χ0v) is 14.0. The van der Waals surface area contributed by atoms with E-state index >= 15 is 0 Å². The number of fused-ring (bicyclic) bond motifs is 4. The normalized spacial score (nSPS) is 15.9. The Bertz CT molecular complexity index is 991. The summed E-state index contributed by atoms with van der Waals surface area (Å²) in [7, 11) is 0. The van der Waals surface area contributed by atoms with Crippen molar-refractivity contribution in [1.82, 2.24) is 4.98 Å². The lowest BCUT2D eigenvalue weighted by molar-refractivity contribution is 0.470. The summed E-state index contributed by atoms with van der Waals surface area (Å²) in [5.74, 6) is 2.77. The molecule has 3 heterocycles. The van der Waals surface area contributed by atoms with Gasteiger partial charge in [-0.2, -0.15) is 0 Å². The molecule has 0 saturated carbocycles. The first-order valence-corrected chi connectivity index (χ1v) is 8.25. The molecule has 0 spiro atoms. The zero-order valence-electron chi connectivity index (χ0n) is 14.0. The van der Waals surface area contributed by atoms with E-state index in [0.29, 0.717) is 0 Å². The molecular formula is C21H18N2O. The van der Waals surface area contributed by atoms with Crippen LogP contribution in [-0.2, 0) is 5.41 Å². The van der Waals surface area contributed by atoms with Gasteiger partial charge in [0, 0.05) is 17.2 Å². The van der Waals surface area contributed by atoms with Gasteiger partial charge in [0.15, 0.2) is 11.5 Å². The van der Waals surface area contributed by atoms with Crippen LogP contribution in [-0.4, -0.2) is 4.98 Å². The van der Waals surface area contributed by atoms with Crippen LogP contribution in [0.5, 0.6) is 11.5 Å². The van der Waals surface area contributed by atoms with E-state index in [0.717, 1.165) is 28.7 Å². The lowest BCUT2D eigenvalue weighted by atomic mass is 9.74. The molecule has 0 unspecified atom stereocenters. The van der Waals surface area contributed by atoms with E-state index in [-0.39, 0.29) is 5.41 Å². The highest BCUT2D eigenvalue weighted by atomic mass is 16.5. The smallest absolute Gasteiger partial charge is 0.151 e. The van der Waals surface area contributed by atoms with Gasteiger partial charge in [0.25, 0.3) is 0 Å². The van der Waals surface area contributed by atoms with E-state index in [4.69, 9.17) is 9.72 Å². The fraction of sp³-hybridized carbons (Fsp3) is 0.190. The molecule has 0 N–H and O–H groups in total. The zero-order chi connectivity index (χ0) is 16.5. The van der Waals surface area contributed by atoms with E-state index in [2.05, 4.69) is 56.0 Å². The van der Waals surface area contributed by atoms with Crippen molar-refractivity contribution in [2.75, 3.05) is 4.90 Å². The molecule has 2 aliphatic rings. The number of hydrogen-bond acceptors (Lipinski definition) is 3. The maximum atomic E-state index is 6.22. The highest BCUT2D eigenvalue weighted by Crippen LogP contribution is 2.58. The molecule has 0 atom stereocenters. The van der Waals surface area contributed by atoms with Crippen LogP contribution < -0.4 is 9.64 Å². The van der Waals surface area contributed by atoms with Crippen LogP contribution in [0.25, 0.3) is 0 Å². The third kappa shape index (κ3) is 1.59. The van der Waals surface area contributed by atoms with Gasteiger partial charge in [0.2, 0.25) is 0 Å². The third-order valence-electron chi connectivity index (χ3n) is 5.14. The summed E-state index contributed by atoms with van der Waals surface area (Å²) in [6.07, 6.45) is 1.87. The van der Waals surface area contributed by atoms with Gasteiger partial charge in [-0.3, -0.25) is 4.90 Å². The minimum absolute atomic E-state index is 0.115. The van der Waals surface area contributed by atoms with Gasteiger partial charge in [-0.05, 0) is 42.3 Å². The van der Waals surface area contributed by atoms with Crippen molar-refractivity contribution in [1.29, 1.82) is 0 Å². The van der Waals surface area contributed by atoms with Crippen LogP contribution in [0, 0.1) is 6.92 Å². The number of anilines is 3. The number of pyridine rings is 1. The largest absolute Gasteiger partial charge is 0.453 e. The maximum Gasteiger partial charge on any atom is 0.151 e. The lowest BCUT2D eigenvalue weighted by Crippen LogP contribution is -2.33. The van der Waals surface area contributed by atoms with Crippen molar-refractivity contribution >= 4 is 17.2 Å². The summed E-state index contributed by atoms with van der Waals surface area (Å²) >= 11 is 0. The average molecular weight is 314 g/mol. The molecule has 0 bridgehead atoms. The minimum Gasteiger partial charge on any atom is -0.453 e. The van der Waals surface area contributed by atoms with Crippen LogP contribution in [0.1, 0.15) is 30.5 Å². The van der Waals surface area contributed by atoms with Crippen molar-refractivity contribution in [3.63, 3.8) is 0 Å². The number of aryl methyl sites for hydroxylation is 1. The monoisotopic (exact) mass is 314 g/mol. The lowest BCUT2D eigenvalue weighted by Gasteiger charge is -2.43. The van der Waals surface area contributed by atoms with Crippen molar-refractivity contribution in [3.8, 4) is 11.5 Å². The van der Waals surface area contributed by atoms with E-state index in [1.165, 1.54) is 16.7 Å². The number of benzene rings is 2. The topological polar surface area (TPSA) is 25.4 Å². The van der Waals surface area contributed by atoms with E-state index in [1.54, 1.807) is 0 Å². The van der Waals surface area contributed by atoms with Crippen LogP contribution >= 0.6 is 0 Å². The summed E-state index contributed by atoms with van der Waals surface area (Å²) in [6, 6.07) is 16.8. The Labute approximate surface area is 141 Å². The number of aromatic nitrogens is 1. The van der Waals surface area contributed by atoms with Gasteiger partial charge >= 0.3 is 0 Å². The first kappa shape index (κ1) is 13.6. The van der Waals surface area contributed by atoms with Gasteiger partial charge in [-0.15, -0.1) is 0 Å². The molecule has 0 radical (unpaired) electrons. The Morgan fingerprint density at radius 2 is 1.79 bits per heavy atom. The van der Waals surface area contributed by atoms with E-state index in [1.807, 2.05) is 24.4 Å². The summed E-state index contributed by atoms with van der Waals surface area (Å²) in [5, 5.41) is 0. The maximum absolute atomic E-state index is 6.22. The fourth-order valence-electron chi connectivity index (χ4n) is 3.90. The predicted molar refractivity (Wildman–Crippen MR) is 95.9 cm³/mol. The highest BCUT2D eigenvalue weighted by Gasteiger charge is 2.41. The summed E-state index contributed by atoms with van der Waals surface area (Å²) in [4.78, 5) is 7.00. The van der Waals surface area contributed by atoms with Gasteiger partial charge in [-0.25, -0.2) is 4.98 Å². The Hall–Kier alpha value is -2.81. The van der Waals surface area contributed by atoms with Crippen molar-refractivity contribution in [3.05, 3.63) is 71.4 Å². The van der Waals surface area contributed by atoms with Crippen molar-refractivity contribution in [2.24, 2.45) is 0 Å². The third-order valence-corrected chi connectivity index (χ3v) is 5.14. The minimum atomic E-state index is -0.115. The molecular weight excluding hydrogens is 296 g/mol. The average Bonchev–Trinajstić information content (AvgIpc) is 2.58. The number of ether oxygens (including phenoxy) is 1. The molecule has 0 amide bonds. The Balaban J connectivity index is 1.91. The Morgan fingerprint density at radius 3 is 2.67 bits per heavy atom. The predicted octanol–water partition coefficient (Wildman–Crippen LogP) is 5.60. The second-order valence-electron chi connectivity index (χ2n) is 7.06. The molecule has 24 heavy (non-hydrogen) atoms. The summed E-state index contributed by atoms with van der Waals surface area (Å²) in [6.45, 7) is 6.62. The standard InChI is InChI=1S/C21H18N2O/c1-13-9-10-17-16(12-13)23-19-14(6-4-8-18(19)24-17)21(2,3)15-7-5-11-22-20(15)23/h4-12H,1-3H3. The van der Waals surface area contributed by atoms with Crippen LogP contribution in [0.15, 0.2) is 54.7 Å². The molecule has 3 aromatic rings. The summed E-state index contributed by atoms with van der Waals surface area (Å²) in [5.41, 5.74) is 5.78. The molecule has 118 valence electrons. The second kappa shape index (κ2) is 4.38. The number of nitrogens with zero attached hydrogens (tertiary/aromatic N) is 2. The molecule has 5 rings (SSSR count). The molecule has 2 aliphatic heterocycles. The van der Waals surface area contributed by atoms with Crippen LogP contribution in [0.3, 0.4) is 0 Å². The highest BCUT2D eigenvalue weighted by molar-refractivity contribution is 5.91. The first-order chi connectivity index (χ1) is 11.6. The van der Waals surface area contributed by atoms with E-state index in [9.17, 15) is 0 Å². The fourth-order valence-corrected chi connectivity index (χ4v) is 3.90. The second-order valence-corrected chi connectivity index (χ2v) is 7.06. The Morgan fingerprint density at radius 1 is 0.958 bits per heavy atom. The number of para-hydroxylation sites is 1. The van der Waals surface area contributed by atoms with Gasteiger partial charge < -0.3 is 4.74 Å². The van der Waals surface area contributed by atoms with Crippen molar-refractivity contribution in [2.45, 2.75) is 26.2 Å². The summed E-state index contributed by atoms with van der Waals surface area (Å²) < 4.78 is 6.22. The SMILES string of the molecule is Cc1ccc2c(c1)N1c3ncccc3C(C)(C)c3cccc(c31)O2. The number of rotatable bonds is 0. The molecule has 3 heteroatoms. The van der Waals surface area contributed by atoms with Crippen LogP contribution in [0.2, 0.25) is 0 Å².